The summed E-state index contributed by atoms with van der Waals surface area (Å²) in [5, 5.41) is 3.75. The molecular formula is C27H18Cl4S2. The number of hydrogen-bond donors (Lipinski definition) is 0. The molecule has 1 aliphatic heterocycles. The third-order valence-electron chi connectivity index (χ3n) is 6.05. The number of rotatable bonds is 4. The molecule has 0 spiro atoms. The monoisotopic (exact) mass is 546 g/mol. The van der Waals surface area contributed by atoms with E-state index in [1.54, 1.807) is 0 Å². The van der Waals surface area contributed by atoms with Gasteiger partial charge in [-0.25, -0.2) is 0 Å². The van der Waals surface area contributed by atoms with Crippen molar-refractivity contribution < 1.29 is 0 Å². The van der Waals surface area contributed by atoms with E-state index in [9.17, 15) is 0 Å². The maximum Gasteiger partial charge on any atom is 0.0894 e. The molecule has 0 radical (unpaired) electrons. The van der Waals surface area contributed by atoms with Crippen molar-refractivity contribution in [3.05, 3.63) is 139 Å². The highest BCUT2D eigenvalue weighted by molar-refractivity contribution is 8.20. The molecule has 0 nitrogen and oxygen atoms in total. The van der Waals surface area contributed by atoms with Gasteiger partial charge in [0.05, 0.1) is 9.49 Å². The molecule has 0 saturated carbocycles. The van der Waals surface area contributed by atoms with Gasteiger partial charge < -0.3 is 0 Å². The normalized spacial score (nSPS) is 16.6. The van der Waals surface area contributed by atoms with Crippen LogP contribution in [0.5, 0.6) is 0 Å². The maximum atomic E-state index is 6.31. The lowest BCUT2D eigenvalue weighted by atomic mass is 9.72. The van der Waals surface area contributed by atoms with Gasteiger partial charge in [-0.2, -0.15) is 0 Å². The van der Waals surface area contributed by atoms with Crippen molar-refractivity contribution in [1.29, 1.82) is 0 Å². The fourth-order valence-corrected chi connectivity index (χ4v) is 9.22. The molecule has 1 heterocycles. The molecule has 1 aliphatic rings. The summed E-state index contributed by atoms with van der Waals surface area (Å²) in [6.45, 7) is 0. The summed E-state index contributed by atoms with van der Waals surface area (Å²) in [6.07, 6.45) is 0. The van der Waals surface area contributed by atoms with Gasteiger partial charge in [-0.15, -0.1) is 23.5 Å². The van der Waals surface area contributed by atoms with Crippen molar-refractivity contribution in [2.24, 2.45) is 0 Å². The summed E-state index contributed by atoms with van der Waals surface area (Å²) in [5.41, 5.74) is 4.70. The predicted molar refractivity (Wildman–Crippen MR) is 147 cm³/mol. The van der Waals surface area contributed by atoms with Crippen LogP contribution in [0.3, 0.4) is 0 Å². The van der Waals surface area contributed by atoms with E-state index >= 15 is 0 Å². The summed E-state index contributed by atoms with van der Waals surface area (Å²) in [6, 6.07) is 32.8. The molecule has 6 heteroatoms. The standard InChI is InChI=1S/C27H18Cl4S2/c28-22-9-1-18(2-10-22)26(19-3-11-23(29)12-4-19)27(33-17-32-26,20-5-13-24(30)14-6-20)21-7-15-25(31)16-8-21/h1-16H,17H2. The lowest BCUT2D eigenvalue weighted by Gasteiger charge is -2.46. The minimum absolute atomic E-state index is 0.450. The van der Waals surface area contributed by atoms with E-state index in [1.165, 1.54) is 22.3 Å². The van der Waals surface area contributed by atoms with E-state index in [2.05, 4.69) is 48.5 Å². The van der Waals surface area contributed by atoms with Gasteiger partial charge in [0.15, 0.2) is 0 Å². The van der Waals surface area contributed by atoms with Crippen LogP contribution < -0.4 is 0 Å². The molecule has 0 N–H and O–H groups in total. The Labute approximate surface area is 222 Å². The van der Waals surface area contributed by atoms with Crippen LogP contribution in [0.4, 0.5) is 0 Å². The Morgan fingerprint density at radius 2 is 0.606 bits per heavy atom. The van der Waals surface area contributed by atoms with Crippen LogP contribution in [-0.4, -0.2) is 5.08 Å². The first-order valence-electron chi connectivity index (χ1n) is 10.3. The molecular weight excluding hydrogens is 530 g/mol. The number of thioether (sulfide) groups is 2. The van der Waals surface area contributed by atoms with Crippen LogP contribution in [0, 0.1) is 0 Å². The largest absolute Gasteiger partial charge is 0.132 e. The highest BCUT2D eigenvalue weighted by Gasteiger charge is 2.60. The van der Waals surface area contributed by atoms with E-state index in [4.69, 9.17) is 46.4 Å². The van der Waals surface area contributed by atoms with Gasteiger partial charge in [0.25, 0.3) is 0 Å². The molecule has 1 fully saturated rings. The zero-order valence-corrected chi connectivity index (χ0v) is 21.9. The Kier molecular flexibility index (Phi) is 6.70. The van der Waals surface area contributed by atoms with Crippen LogP contribution in [0.15, 0.2) is 97.1 Å². The average molecular weight is 548 g/mol. The Hall–Kier alpha value is -1.26. The summed E-state index contributed by atoms with van der Waals surface area (Å²) in [5.74, 6) is 0. The van der Waals surface area contributed by atoms with Gasteiger partial charge in [0.1, 0.15) is 0 Å². The minimum atomic E-state index is -0.450. The van der Waals surface area contributed by atoms with Crippen LogP contribution in [0.2, 0.25) is 20.1 Å². The number of benzene rings is 4. The van der Waals surface area contributed by atoms with Crippen molar-refractivity contribution >= 4 is 69.9 Å². The smallest absolute Gasteiger partial charge is 0.0894 e. The Bertz CT molecular complexity index is 1060. The second kappa shape index (κ2) is 9.41. The van der Waals surface area contributed by atoms with Crippen LogP contribution >= 0.6 is 69.9 Å². The van der Waals surface area contributed by atoms with Gasteiger partial charge in [-0.3, -0.25) is 0 Å². The van der Waals surface area contributed by atoms with Crippen molar-refractivity contribution in [1.82, 2.24) is 0 Å². The molecule has 1 saturated heterocycles. The van der Waals surface area contributed by atoms with Crippen molar-refractivity contribution in [3.63, 3.8) is 0 Å². The zero-order valence-electron chi connectivity index (χ0n) is 17.3. The predicted octanol–water partition coefficient (Wildman–Crippen LogP) is 9.93. The lowest BCUT2D eigenvalue weighted by molar-refractivity contribution is 0.593. The molecule has 4 aromatic carbocycles. The first-order chi connectivity index (χ1) is 16.0. The summed E-state index contributed by atoms with van der Waals surface area (Å²) in [7, 11) is 0. The first-order valence-corrected chi connectivity index (χ1v) is 13.8. The Balaban J connectivity index is 1.89. The highest BCUT2D eigenvalue weighted by atomic mass is 35.5. The quantitative estimate of drug-likeness (QED) is 0.249. The maximum absolute atomic E-state index is 6.31. The molecule has 33 heavy (non-hydrogen) atoms. The highest BCUT2D eigenvalue weighted by Crippen LogP contribution is 2.70. The molecule has 4 aromatic rings. The Morgan fingerprint density at radius 1 is 0.394 bits per heavy atom. The fraction of sp³-hybridized carbons (Fsp3) is 0.111. The average Bonchev–Trinajstić information content (AvgIpc) is 3.23. The van der Waals surface area contributed by atoms with E-state index in [0.29, 0.717) is 20.1 Å². The van der Waals surface area contributed by atoms with Crippen molar-refractivity contribution in [3.8, 4) is 0 Å². The van der Waals surface area contributed by atoms with Crippen LogP contribution in [0.25, 0.3) is 0 Å². The third kappa shape index (κ3) is 3.99. The minimum Gasteiger partial charge on any atom is -0.132 e. The molecule has 166 valence electrons. The SMILES string of the molecule is Clc1ccc(C2(c3ccc(Cl)cc3)SCSC2(c2ccc(Cl)cc2)c2ccc(Cl)cc2)cc1. The van der Waals surface area contributed by atoms with Gasteiger partial charge in [0, 0.05) is 25.2 Å². The Morgan fingerprint density at radius 3 is 0.818 bits per heavy atom. The molecule has 0 unspecified atom stereocenters. The number of halogens is 4. The van der Waals surface area contributed by atoms with Crippen molar-refractivity contribution in [2.45, 2.75) is 9.49 Å². The zero-order chi connectivity index (χ0) is 23.1. The van der Waals surface area contributed by atoms with E-state index < -0.39 is 9.49 Å². The van der Waals surface area contributed by atoms with Gasteiger partial charge in [-0.05, 0) is 70.8 Å². The van der Waals surface area contributed by atoms with Crippen molar-refractivity contribution in [2.75, 3.05) is 5.08 Å². The molecule has 0 amide bonds. The lowest BCUT2D eigenvalue weighted by Crippen LogP contribution is -2.43. The topological polar surface area (TPSA) is 0 Å². The van der Waals surface area contributed by atoms with Crippen LogP contribution in [0.1, 0.15) is 22.3 Å². The molecule has 0 aromatic heterocycles. The van der Waals surface area contributed by atoms with E-state index in [1.807, 2.05) is 72.1 Å². The van der Waals surface area contributed by atoms with E-state index in [-0.39, 0.29) is 0 Å². The summed E-state index contributed by atoms with van der Waals surface area (Å²) >= 11 is 29.1. The van der Waals surface area contributed by atoms with Crippen LogP contribution in [-0.2, 0) is 9.49 Å². The molecule has 5 rings (SSSR count). The summed E-state index contributed by atoms with van der Waals surface area (Å²) in [4.78, 5) is 0. The fourth-order valence-electron chi connectivity index (χ4n) is 4.63. The molecule has 0 bridgehead atoms. The van der Waals surface area contributed by atoms with E-state index in [0.717, 1.165) is 5.08 Å². The first kappa shape index (κ1) is 23.5. The third-order valence-corrected chi connectivity index (χ3v) is 10.6. The van der Waals surface area contributed by atoms with Gasteiger partial charge in [-0.1, -0.05) is 94.9 Å². The molecule has 0 atom stereocenters. The number of hydrogen-bond acceptors (Lipinski definition) is 2. The second-order valence-corrected chi connectivity index (χ2v) is 12.3. The van der Waals surface area contributed by atoms with Gasteiger partial charge >= 0.3 is 0 Å². The second-order valence-electron chi connectivity index (χ2n) is 7.80. The summed E-state index contributed by atoms with van der Waals surface area (Å²) < 4.78 is -0.900. The molecule has 0 aliphatic carbocycles. The van der Waals surface area contributed by atoms with Gasteiger partial charge in [0.2, 0.25) is 0 Å².